The van der Waals surface area contributed by atoms with Crippen molar-refractivity contribution >= 4 is 5.97 Å². The second-order valence-electron chi connectivity index (χ2n) is 6.92. The van der Waals surface area contributed by atoms with Crippen molar-refractivity contribution in [2.45, 2.75) is 31.8 Å². The normalized spacial score (nSPS) is 15.9. The van der Waals surface area contributed by atoms with E-state index in [-0.39, 0.29) is 5.97 Å². The summed E-state index contributed by atoms with van der Waals surface area (Å²) in [6, 6.07) is 19.8. The largest absolute Gasteiger partial charge is 0.481 e. The zero-order chi connectivity index (χ0) is 19.7. The Morgan fingerprint density at radius 2 is 1.64 bits per heavy atom. The monoisotopic (exact) mass is 377 g/mol. The fourth-order valence-corrected chi connectivity index (χ4v) is 3.41. The van der Waals surface area contributed by atoms with Crippen molar-refractivity contribution in [2.24, 2.45) is 0 Å². The molecular formula is C24H27NO3. The van der Waals surface area contributed by atoms with Gasteiger partial charge < -0.3 is 9.47 Å². The SMILES string of the molecule is CCC(=O)OC1(c2ccccc2)CCN(CC#CCOc2ccccc2)CC1. The second-order valence-corrected chi connectivity index (χ2v) is 6.92. The Kier molecular flexibility index (Phi) is 7.11. The summed E-state index contributed by atoms with van der Waals surface area (Å²) in [5.41, 5.74) is 0.563. The standard InChI is InChI=1S/C24H27NO3/c1-2-23(26)28-24(21-11-5-3-6-12-21)15-18-25(19-16-24)17-9-10-20-27-22-13-7-4-8-14-22/h3-8,11-14H,2,15-20H2,1H3. The number of nitrogens with zero attached hydrogens (tertiary/aromatic N) is 1. The molecule has 0 spiro atoms. The Morgan fingerprint density at radius 3 is 2.29 bits per heavy atom. The smallest absolute Gasteiger partial charge is 0.306 e. The van der Waals surface area contributed by atoms with Crippen LogP contribution in [0.3, 0.4) is 0 Å². The molecule has 0 aromatic heterocycles. The predicted molar refractivity (Wildman–Crippen MR) is 110 cm³/mol. The van der Waals surface area contributed by atoms with Gasteiger partial charge in [0.1, 0.15) is 18.0 Å². The van der Waals surface area contributed by atoms with Gasteiger partial charge in [-0.25, -0.2) is 0 Å². The lowest BCUT2D eigenvalue weighted by Gasteiger charge is -2.41. The molecule has 4 nitrogen and oxygen atoms in total. The first-order valence-electron chi connectivity index (χ1n) is 9.85. The highest BCUT2D eigenvalue weighted by atomic mass is 16.6. The van der Waals surface area contributed by atoms with Gasteiger partial charge >= 0.3 is 5.97 Å². The van der Waals surface area contributed by atoms with E-state index in [0.29, 0.717) is 19.6 Å². The second kappa shape index (κ2) is 9.96. The molecule has 0 atom stereocenters. The molecule has 1 saturated heterocycles. The third-order valence-electron chi connectivity index (χ3n) is 5.04. The number of ether oxygens (including phenoxy) is 2. The van der Waals surface area contributed by atoms with Crippen LogP contribution >= 0.6 is 0 Å². The van der Waals surface area contributed by atoms with Crippen LogP contribution in [0.25, 0.3) is 0 Å². The van der Waals surface area contributed by atoms with E-state index < -0.39 is 5.60 Å². The Labute approximate surface area is 167 Å². The number of hydrogen-bond donors (Lipinski definition) is 0. The summed E-state index contributed by atoms with van der Waals surface area (Å²) in [5, 5.41) is 0. The third-order valence-corrected chi connectivity index (χ3v) is 5.04. The molecule has 1 heterocycles. The van der Waals surface area contributed by atoms with E-state index in [1.54, 1.807) is 0 Å². The van der Waals surface area contributed by atoms with Crippen LogP contribution in [-0.2, 0) is 15.1 Å². The van der Waals surface area contributed by atoms with Crippen molar-refractivity contribution in [3.8, 4) is 17.6 Å². The minimum Gasteiger partial charge on any atom is -0.481 e. The Hall–Kier alpha value is -2.77. The molecule has 0 unspecified atom stereocenters. The first-order chi connectivity index (χ1) is 13.7. The van der Waals surface area contributed by atoms with Gasteiger partial charge in [0, 0.05) is 32.4 Å². The number of likely N-dealkylation sites (tertiary alicyclic amines) is 1. The Bertz CT molecular complexity index is 800. The fraction of sp³-hybridized carbons (Fsp3) is 0.375. The zero-order valence-corrected chi connectivity index (χ0v) is 16.4. The zero-order valence-electron chi connectivity index (χ0n) is 16.4. The average Bonchev–Trinajstić information content (AvgIpc) is 2.76. The molecule has 1 aliphatic heterocycles. The molecule has 0 bridgehead atoms. The minimum atomic E-state index is -0.519. The van der Waals surface area contributed by atoms with E-state index in [4.69, 9.17) is 9.47 Å². The number of para-hydroxylation sites is 1. The highest BCUT2D eigenvalue weighted by Gasteiger charge is 2.39. The number of benzene rings is 2. The molecular weight excluding hydrogens is 350 g/mol. The molecule has 146 valence electrons. The molecule has 1 fully saturated rings. The Morgan fingerprint density at radius 1 is 1.00 bits per heavy atom. The molecule has 1 aliphatic rings. The van der Waals surface area contributed by atoms with Crippen LogP contribution in [0.15, 0.2) is 60.7 Å². The molecule has 0 radical (unpaired) electrons. The van der Waals surface area contributed by atoms with Crippen LogP contribution in [0.5, 0.6) is 5.75 Å². The van der Waals surface area contributed by atoms with Crippen LogP contribution < -0.4 is 4.74 Å². The number of rotatable bonds is 6. The lowest BCUT2D eigenvalue weighted by Crippen LogP contribution is -2.45. The summed E-state index contributed by atoms with van der Waals surface area (Å²) in [5.74, 6) is 6.95. The lowest BCUT2D eigenvalue weighted by molar-refractivity contribution is -0.166. The maximum Gasteiger partial charge on any atom is 0.306 e. The third kappa shape index (κ3) is 5.37. The van der Waals surface area contributed by atoms with Gasteiger partial charge in [-0.3, -0.25) is 9.69 Å². The molecule has 2 aromatic carbocycles. The molecule has 0 saturated carbocycles. The number of carbonyl (C=O) groups is 1. The molecule has 28 heavy (non-hydrogen) atoms. The van der Waals surface area contributed by atoms with Gasteiger partial charge in [0.05, 0.1) is 6.54 Å². The van der Waals surface area contributed by atoms with Crippen molar-refractivity contribution in [2.75, 3.05) is 26.2 Å². The Balaban J connectivity index is 1.53. The van der Waals surface area contributed by atoms with Crippen LogP contribution in [0.1, 0.15) is 31.7 Å². The van der Waals surface area contributed by atoms with Crippen LogP contribution in [0, 0.1) is 11.8 Å². The summed E-state index contributed by atoms with van der Waals surface area (Å²) >= 11 is 0. The summed E-state index contributed by atoms with van der Waals surface area (Å²) in [6.07, 6.45) is 1.96. The molecule has 2 aromatic rings. The van der Waals surface area contributed by atoms with Crippen molar-refractivity contribution in [1.29, 1.82) is 0 Å². The summed E-state index contributed by atoms with van der Waals surface area (Å²) in [4.78, 5) is 14.3. The van der Waals surface area contributed by atoms with Gasteiger partial charge in [0.2, 0.25) is 0 Å². The molecule has 4 heteroatoms. The van der Waals surface area contributed by atoms with Crippen molar-refractivity contribution < 1.29 is 14.3 Å². The van der Waals surface area contributed by atoms with Crippen LogP contribution in [0.4, 0.5) is 0 Å². The number of piperidine rings is 1. The maximum atomic E-state index is 12.0. The first-order valence-corrected chi connectivity index (χ1v) is 9.85. The van der Waals surface area contributed by atoms with Gasteiger partial charge in [0.15, 0.2) is 0 Å². The number of carbonyl (C=O) groups excluding carboxylic acids is 1. The van der Waals surface area contributed by atoms with E-state index in [1.807, 2.05) is 55.5 Å². The summed E-state index contributed by atoms with van der Waals surface area (Å²) in [7, 11) is 0. The van der Waals surface area contributed by atoms with E-state index >= 15 is 0 Å². The molecule has 0 aliphatic carbocycles. The highest BCUT2D eigenvalue weighted by Crippen LogP contribution is 2.37. The quantitative estimate of drug-likeness (QED) is 0.563. The van der Waals surface area contributed by atoms with E-state index in [1.165, 1.54) is 0 Å². The molecule has 3 rings (SSSR count). The number of hydrogen-bond acceptors (Lipinski definition) is 4. The number of esters is 1. The van der Waals surface area contributed by atoms with Crippen molar-refractivity contribution in [3.05, 3.63) is 66.2 Å². The lowest BCUT2D eigenvalue weighted by atomic mass is 9.84. The van der Waals surface area contributed by atoms with E-state index in [2.05, 4.69) is 28.9 Å². The van der Waals surface area contributed by atoms with Gasteiger partial charge in [-0.2, -0.15) is 0 Å². The van der Waals surface area contributed by atoms with Crippen LogP contribution in [-0.4, -0.2) is 37.1 Å². The highest BCUT2D eigenvalue weighted by molar-refractivity contribution is 5.69. The van der Waals surface area contributed by atoms with Crippen molar-refractivity contribution in [1.82, 2.24) is 4.90 Å². The fourth-order valence-electron chi connectivity index (χ4n) is 3.41. The van der Waals surface area contributed by atoms with E-state index in [0.717, 1.165) is 37.2 Å². The minimum absolute atomic E-state index is 0.143. The molecule has 0 N–H and O–H groups in total. The summed E-state index contributed by atoms with van der Waals surface area (Å²) in [6.45, 7) is 4.62. The predicted octanol–water partition coefficient (Wildman–Crippen LogP) is 4.01. The van der Waals surface area contributed by atoms with Gasteiger partial charge in [-0.05, 0) is 17.7 Å². The van der Waals surface area contributed by atoms with Gasteiger partial charge in [0.25, 0.3) is 0 Å². The topological polar surface area (TPSA) is 38.8 Å². The van der Waals surface area contributed by atoms with Gasteiger partial charge in [-0.15, -0.1) is 0 Å². The molecule has 0 amide bonds. The van der Waals surface area contributed by atoms with Crippen molar-refractivity contribution in [3.63, 3.8) is 0 Å². The van der Waals surface area contributed by atoms with Gasteiger partial charge in [-0.1, -0.05) is 67.3 Å². The maximum absolute atomic E-state index is 12.0. The van der Waals surface area contributed by atoms with E-state index in [9.17, 15) is 4.79 Å². The summed E-state index contributed by atoms with van der Waals surface area (Å²) < 4.78 is 11.5. The van der Waals surface area contributed by atoms with Crippen LogP contribution in [0.2, 0.25) is 0 Å². The first kappa shape index (κ1) is 20.0. The average molecular weight is 377 g/mol.